The van der Waals surface area contributed by atoms with Crippen LogP contribution in [-0.2, 0) is 0 Å². The highest BCUT2D eigenvalue weighted by atomic mass is 32.2. The third-order valence-corrected chi connectivity index (χ3v) is 4.45. The van der Waals surface area contributed by atoms with Crippen molar-refractivity contribution in [3.8, 4) is 6.07 Å². The second-order valence-corrected chi connectivity index (χ2v) is 5.61. The van der Waals surface area contributed by atoms with E-state index in [0.717, 1.165) is 18.6 Å². The highest BCUT2D eigenvalue weighted by Gasteiger charge is 2.37. The van der Waals surface area contributed by atoms with Crippen molar-refractivity contribution < 1.29 is 5.11 Å². The summed E-state index contributed by atoms with van der Waals surface area (Å²) in [5, 5.41) is 19.0. The number of hydrogen-bond acceptors (Lipinski definition) is 3. The lowest BCUT2D eigenvalue weighted by Gasteiger charge is -2.40. The van der Waals surface area contributed by atoms with Gasteiger partial charge in [0.2, 0.25) is 0 Å². The number of nitriles is 1. The Morgan fingerprint density at radius 1 is 1.69 bits per heavy atom. The standard InChI is InChI=1S/C10H17NOS/c1-8-6-9(12)10(2,7-13-8)4-3-5-11/h8-9,12H,3-4,6-7H2,1-2H3. The predicted molar refractivity (Wildman–Crippen MR) is 55.5 cm³/mol. The van der Waals surface area contributed by atoms with Gasteiger partial charge in [-0.15, -0.1) is 0 Å². The maximum atomic E-state index is 9.90. The molecular formula is C10H17NOS. The Morgan fingerprint density at radius 2 is 2.38 bits per heavy atom. The van der Waals surface area contributed by atoms with E-state index in [1.54, 1.807) is 0 Å². The molecule has 0 amide bonds. The van der Waals surface area contributed by atoms with Crippen LogP contribution < -0.4 is 0 Å². The molecule has 13 heavy (non-hydrogen) atoms. The average molecular weight is 199 g/mol. The van der Waals surface area contributed by atoms with E-state index in [1.807, 2.05) is 11.8 Å². The molecule has 0 aromatic carbocycles. The summed E-state index contributed by atoms with van der Waals surface area (Å²) in [6, 6.07) is 2.15. The van der Waals surface area contributed by atoms with Gasteiger partial charge in [-0.25, -0.2) is 0 Å². The first-order chi connectivity index (χ1) is 6.08. The second-order valence-electron chi connectivity index (χ2n) is 4.19. The molecule has 1 fully saturated rings. The van der Waals surface area contributed by atoms with Gasteiger partial charge in [-0.1, -0.05) is 13.8 Å². The predicted octanol–water partition coefficient (Wildman–Crippen LogP) is 2.18. The van der Waals surface area contributed by atoms with Crippen molar-refractivity contribution in [2.24, 2.45) is 5.41 Å². The van der Waals surface area contributed by atoms with E-state index in [4.69, 9.17) is 5.26 Å². The van der Waals surface area contributed by atoms with Crippen molar-refractivity contribution in [1.29, 1.82) is 5.26 Å². The van der Waals surface area contributed by atoms with Crippen molar-refractivity contribution in [2.45, 2.75) is 44.5 Å². The van der Waals surface area contributed by atoms with Gasteiger partial charge in [0.15, 0.2) is 0 Å². The zero-order chi connectivity index (χ0) is 9.90. The van der Waals surface area contributed by atoms with Crippen LogP contribution in [0.1, 0.15) is 33.1 Å². The minimum atomic E-state index is -0.225. The summed E-state index contributed by atoms with van der Waals surface area (Å²) in [5.41, 5.74) is -0.0348. The second kappa shape index (κ2) is 4.34. The maximum absolute atomic E-state index is 9.90. The molecular weight excluding hydrogens is 182 g/mol. The molecule has 0 saturated carbocycles. The van der Waals surface area contributed by atoms with Crippen LogP contribution in [0.4, 0.5) is 0 Å². The summed E-state index contributed by atoms with van der Waals surface area (Å²) in [6.45, 7) is 4.24. The van der Waals surface area contributed by atoms with Crippen LogP contribution in [0.3, 0.4) is 0 Å². The van der Waals surface area contributed by atoms with Gasteiger partial charge in [-0.05, 0) is 12.8 Å². The number of hydrogen-bond donors (Lipinski definition) is 1. The summed E-state index contributed by atoms with van der Waals surface area (Å²) in [7, 11) is 0. The first kappa shape index (κ1) is 10.9. The molecule has 3 atom stereocenters. The molecule has 1 N–H and O–H groups in total. The highest BCUT2D eigenvalue weighted by Crippen LogP contribution is 2.41. The van der Waals surface area contributed by atoms with Crippen molar-refractivity contribution >= 4 is 11.8 Å². The molecule has 0 aliphatic carbocycles. The fourth-order valence-electron chi connectivity index (χ4n) is 1.68. The summed E-state index contributed by atoms with van der Waals surface area (Å²) in [4.78, 5) is 0. The third kappa shape index (κ3) is 2.62. The van der Waals surface area contributed by atoms with Gasteiger partial charge in [-0.3, -0.25) is 0 Å². The van der Waals surface area contributed by atoms with Crippen LogP contribution in [0.25, 0.3) is 0 Å². The van der Waals surface area contributed by atoms with E-state index in [9.17, 15) is 5.11 Å². The van der Waals surface area contributed by atoms with Gasteiger partial charge >= 0.3 is 0 Å². The number of aliphatic hydroxyl groups excluding tert-OH is 1. The van der Waals surface area contributed by atoms with E-state index in [-0.39, 0.29) is 11.5 Å². The van der Waals surface area contributed by atoms with E-state index in [0.29, 0.717) is 11.7 Å². The van der Waals surface area contributed by atoms with Crippen LogP contribution >= 0.6 is 11.8 Å². The van der Waals surface area contributed by atoms with Crippen molar-refractivity contribution in [2.75, 3.05) is 5.75 Å². The number of nitrogens with zero attached hydrogens (tertiary/aromatic N) is 1. The molecule has 1 saturated heterocycles. The molecule has 0 aromatic heterocycles. The fraction of sp³-hybridized carbons (Fsp3) is 0.900. The van der Waals surface area contributed by atoms with Gasteiger partial charge in [-0.2, -0.15) is 17.0 Å². The number of aliphatic hydroxyl groups is 1. The number of rotatable bonds is 2. The minimum absolute atomic E-state index is 0.0348. The first-order valence-corrected chi connectivity index (χ1v) is 5.80. The quantitative estimate of drug-likeness (QED) is 0.741. The van der Waals surface area contributed by atoms with Gasteiger partial charge in [0, 0.05) is 22.8 Å². The Kier molecular flexibility index (Phi) is 3.63. The zero-order valence-corrected chi connectivity index (χ0v) is 9.10. The molecule has 0 spiro atoms. The number of thioether (sulfide) groups is 1. The summed E-state index contributed by atoms with van der Waals surface area (Å²) in [6.07, 6.45) is 2.02. The molecule has 2 nitrogen and oxygen atoms in total. The summed E-state index contributed by atoms with van der Waals surface area (Å²) < 4.78 is 0. The van der Waals surface area contributed by atoms with Crippen LogP contribution in [-0.4, -0.2) is 22.2 Å². The SMILES string of the molecule is CC1CC(O)C(C)(CCC#N)CS1. The van der Waals surface area contributed by atoms with E-state index < -0.39 is 0 Å². The van der Waals surface area contributed by atoms with Gasteiger partial charge in [0.05, 0.1) is 12.2 Å². The lowest BCUT2D eigenvalue weighted by Crippen LogP contribution is -2.40. The largest absolute Gasteiger partial charge is 0.392 e. The molecule has 1 aliphatic heterocycles. The van der Waals surface area contributed by atoms with Crippen molar-refractivity contribution in [3.05, 3.63) is 0 Å². The van der Waals surface area contributed by atoms with Crippen LogP contribution in [0, 0.1) is 16.7 Å². The van der Waals surface area contributed by atoms with E-state index in [2.05, 4.69) is 19.9 Å². The Morgan fingerprint density at radius 3 is 2.92 bits per heavy atom. The van der Waals surface area contributed by atoms with E-state index >= 15 is 0 Å². The van der Waals surface area contributed by atoms with Crippen molar-refractivity contribution in [3.63, 3.8) is 0 Å². The molecule has 1 rings (SSSR count). The van der Waals surface area contributed by atoms with Gasteiger partial charge in [0.1, 0.15) is 0 Å². The molecule has 3 heteroatoms. The van der Waals surface area contributed by atoms with E-state index in [1.165, 1.54) is 0 Å². The van der Waals surface area contributed by atoms with Gasteiger partial charge in [0.25, 0.3) is 0 Å². The Bertz CT molecular complexity index is 213. The van der Waals surface area contributed by atoms with Gasteiger partial charge < -0.3 is 5.11 Å². The maximum Gasteiger partial charge on any atom is 0.0621 e. The lowest BCUT2D eigenvalue weighted by molar-refractivity contribution is 0.0371. The van der Waals surface area contributed by atoms with Crippen LogP contribution in [0.2, 0.25) is 0 Å². The molecule has 0 bridgehead atoms. The topological polar surface area (TPSA) is 44.0 Å². The minimum Gasteiger partial charge on any atom is -0.392 e. The third-order valence-electron chi connectivity index (χ3n) is 2.87. The molecule has 1 heterocycles. The molecule has 0 aromatic rings. The monoisotopic (exact) mass is 199 g/mol. The molecule has 3 unspecified atom stereocenters. The molecule has 1 aliphatic rings. The van der Waals surface area contributed by atoms with Crippen LogP contribution in [0.5, 0.6) is 0 Å². The Balaban J connectivity index is 2.52. The van der Waals surface area contributed by atoms with Crippen molar-refractivity contribution in [1.82, 2.24) is 0 Å². The van der Waals surface area contributed by atoms with Crippen LogP contribution in [0.15, 0.2) is 0 Å². The summed E-state index contributed by atoms with van der Waals surface area (Å²) >= 11 is 1.91. The average Bonchev–Trinajstić information content (AvgIpc) is 2.09. The smallest absolute Gasteiger partial charge is 0.0621 e. The zero-order valence-electron chi connectivity index (χ0n) is 8.29. The highest BCUT2D eigenvalue weighted by molar-refractivity contribution is 7.99. The Hall–Kier alpha value is -0.200. The first-order valence-electron chi connectivity index (χ1n) is 4.75. The summed E-state index contributed by atoms with van der Waals surface area (Å²) in [5.74, 6) is 0.983. The molecule has 74 valence electrons. The normalized spacial score (nSPS) is 39.8. The lowest BCUT2D eigenvalue weighted by atomic mass is 9.79. The Labute approximate surface area is 84.3 Å². The molecule has 0 radical (unpaired) electrons. The fourth-order valence-corrected chi connectivity index (χ4v) is 3.00.